The van der Waals surface area contributed by atoms with Crippen molar-refractivity contribution >= 4 is 23.5 Å². The normalized spacial score (nSPS) is 15.8. The van der Waals surface area contributed by atoms with Gasteiger partial charge in [0.15, 0.2) is 0 Å². The lowest BCUT2D eigenvalue weighted by atomic mass is 9.97. The minimum absolute atomic E-state index is 0.0359. The molecule has 1 N–H and O–H groups in total. The van der Waals surface area contributed by atoms with Crippen LogP contribution < -0.4 is 10.1 Å². The van der Waals surface area contributed by atoms with Crippen LogP contribution in [-0.2, 0) is 14.3 Å². The number of ether oxygens (including phenoxy) is 2. The van der Waals surface area contributed by atoms with Crippen LogP contribution in [0.3, 0.4) is 0 Å². The van der Waals surface area contributed by atoms with Gasteiger partial charge >= 0.3 is 5.97 Å². The number of carbonyl (C=O) groups excluding carboxylic acids is 2. The molecule has 1 heterocycles. The van der Waals surface area contributed by atoms with E-state index in [1.165, 1.54) is 7.11 Å². The molecule has 0 unspecified atom stereocenters. The number of likely N-dealkylation sites (tertiary alicyclic amines) is 1. The van der Waals surface area contributed by atoms with E-state index in [0.29, 0.717) is 24.7 Å². The summed E-state index contributed by atoms with van der Waals surface area (Å²) >= 11 is 5.80. The van der Waals surface area contributed by atoms with Gasteiger partial charge in [-0.15, -0.1) is 0 Å². The van der Waals surface area contributed by atoms with Crippen LogP contribution >= 0.6 is 11.6 Å². The minimum Gasteiger partial charge on any atom is -0.492 e. The Hall–Kier alpha value is -1.79. The molecule has 1 fully saturated rings. The smallest absolute Gasteiger partial charge is 0.308 e. The first-order valence-corrected chi connectivity index (χ1v) is 8.41. The van der Waals surface area contributed by atoms with Gasteiger partial charge in [-0.2, -0.15) is 0 Å². The van der Waals surface area contributed by atoms with Gasteiger partial charge in [-0.05, 0) is 50.2 Å². The summed E-state index contributed by atoms with van der Waals surface area (Å²) in [6.07, 6.45) is 1.47. The van der Waals surface area contributed by atoms with Gasteiger partial charge in [-0.25, -0.2) is 0 Å². The van der Waals surface area contributed by atoms with Gasteiger partial charge in [0.25, 0.3) is 0 Å². The monoisotopic (exact) mass is 354 g/mol. The molecule has 0 bridgehead atoms. The highest BCUT2D eigenvalue weighted by atomic mass is 35.5. The van der Waals surface area contributed by atoms with E-state index in [0.717, 1.165) is 31.7 Å². The third kappa shape index (κ3) is 6.02. The zero-order chi connectivity index (χ0) is 17.4. The number of hydrogen-bond acceptors (Lipinski definition) is 5. The topological polar surface area (TPSA) is 67.9 Å². The number of methoxy groups -OCH3 is 1. The summed E-state index contributed by atoms with van der Waals surface area (Å²) in [6, 6.07) is 7.09. The molecule has 6 nitrogen and oxygen atoms in total. The molecule has 24 heavy (non-hydrogen) atoms. The van der Waals surface area contributed by atoms with Crippen molar-refractivity contribution in [3.05, 3.63) is 29.3 Å². The molecule has 1 aromatic rings. The number of nitrogens with zero attached hydrogens (tertiary/aromatic N) is 1. The molecule has 0 saturated carbocycles. The van der Waals surface area contributed by atoms with Crippen molar-refractivity contribution in [3.63, 3.8) is 0 Å². The maximum absolute atomic E-state index is 11.9. The molecular formula is C17H23ClN2O4. The lowest BCUT2D eigenvalue weighted by molar-refractivity contribution is -0.147. The van der Waals surface area contributed by atoms with Gasteiger partial charge in [0, 0.05) is 5.02 Å². The number of amides is 1. The maximum Gasteiger partial charge on any atom is 0.308 e. The molecule has 1 saturated heterocycles. The summed E-state index contributed by atoms with van der Waals surface area (Å²) in [5, 5.41) is 3.49. The number of piperidine rings is 1. The molecule has 0 aromatic heterocycles. The second-order valence-corrected chi connectivity index (χ2v) is 6.16. The quantitative estimate of drug-likeness (QED) is 0.596. The van der Waals surface area contributed by atoms with Crippen LogP contribution in [0.2, 0.25) is 5.02 Å². The molecule has 7 heteroatoms. The Morgan fingerprint density at radius 3 is 2.54 bits per heavy atom. The highest BCUT2D eigenvalue weighted by Crippen LogP contribution is 2.18. The second-order valence-electron chi connectivity index (χ2n) is 5.73. The number of benzene rings is 1. The van der Waals surface area contributed by atoms with Crippen molar-refractivity contribution in [2.45, 2.75) is 12.8 Å². The lowest BCUT2D eigenvalue weighted by Gasteiger charge is -2.29. The van der Waals surface area contributed by atoms with Crippen LogP contribution in [0.25, 0.3) is 0 Å². The van der Waals surface area contributed by atoms with E-state index in [2.05, 4.69) is 10.2 Å². The third-order valence-electron chi connectivity index (χ3n) is 4.00. The highest BCUT2D eigenvalue weighted by molar-refractivity contribution is 6.30. The molecule has 1 aliphatic rings. The third-order valence-corrected chi connectivity index (χ3v) is 4.25. The SMILES string of the molecule is COC(=O)C1CCN(CC(=O)NCCOc2ccc(Cl)cc2)CC1. The Labute approximate surface area is 147 Å². The fraction of sp³-hybridized carbons (Fsp3) is 0.529. The molecule has 0 radical (unpaired) electrons. The Morgan fingerprint density at radius 2 is 1.92 bits per heavy atom. The van der Waals surface area contributed by atoms with Crippen LogP contribution in [0.15, 0.2) is 24.3 Å². The van der Waals surface area contributed by atoms with Gasteiger partial charge < -0.3 is 14.8 Å². The van der Waals surface area contributed by atoms with Crippen LogP contribution in [0.4, 0.5) is 0 Å². The van der Waals surface area contributed by atoms with E-state index < -0.39 is 0 Å². The largest absolute Gasteiger partial charge is 0.492 e. The van der Waals surface area contributed by atoms with Crippen LogP contribution in [-0.4, -0.2) is 56.7 Å². The number of hydrogen-bond donors (Lipinski definition) is 1. The van der Waals surface area contributed by atoms with E-state index in [1.54, 1.807) is 24.3 Å². The van der Waals surface area contributed by atoms with Gasteiger partial charge in [0.1, 0.15) is 12.4 Å². The zero-order valence-corrected chi connectivity index (χ0v) is 14.6. The van der Waals surface area contributed by atoms with Gasteiger partial charge in [-0.3, -0.25) is 14.5 Å². The van der Waals surface area contributed by atoms with E-state index in [4.69, 9.17) is 21.1 Å². The molecular weight excluding hydrogens is 332 g/mol. The Bertz CT molecular complexity index is 542. The molecule has 1 amide bonds. The Balaban J connectivity index is 1.58. The average molecular weight is 355 g/mol. The predicted octanol–water partition coefficient (Wildman–Crippen LogP) is 1.72. The minimum atomic E-state index is -0.154. The van der Waals surface area contributed by atoms with Gasteiger partial charge in [0.05, 0.1) is 26.1 Å². The standard InChI is InChI=1S/C17H23ClN2O4/c1-23-17(22)13-6-9-20(10-7-13)12-16(21)19-8-11-24-15-4-2-14(18)3-5-15/h2-5,13H,6-12H2,1H3,(H,19,21). The fourth-order valence-corrected chi connectivity index (χ4v) is 2.77. The summed E-state index contributed by atoms with van der Waals surface area (Å²) in [4.78, 5) is 25.4. The number of rotatable bonds is 7. The molecule has 2 rings (SSSR count). The van der Waals surface area contributed by atoms with Crippen LogP contribution in [0, 0.1) is 5.92 Å². The van der Waals surface area contributed by atoms with Crippen molar-refractivity contribution < 1.29 is 19.1 Å². The van der Waals surface area contributed by atoms with Crippen molar-refractivity contribution in [3.8, 4) is 5.75 Å². The molecule has 0 aliphatic carbocycles. The first-order chi connectivity index (χ1) is 11.6. The molecule has 1 aliphatic heterocycles. The summed E-state index contributed by atoms with van der Waals surface area (Å²) in [5.41, 5.74) is 0. The van der Waals surface area contributed by atoms with Crippen LogP contribution in [0.1, 0.15) is 12.8 Å². The van der Waals surface area contributed by atoms with E-state index in [-0.39, 0.29) is 17.8 Å². The number of halogens is 1. The second kappa shape index (κ2) is 9.49. The number of esters is 1. The maximum atomic E-state index is 11.9. The van der Waals surface area contributed by atoms with Crippen LogP contribution in [0.5, 0.6) is 5.75 Å². The van der Waals surface area contributed by atoms with Gasteiger partial charge in [-0.1, -0.05) is 11.6 Å². The summed E-state index contributed by atoms with van der Waals surface area (Å²) in [5.74, 6) is 0.491. The van der Waals surface area contributed by atoms with Crippen molar-refractivity contribution in [1.82, 2.24) is 10.2 Å². The highest BCUT2D eigenvalue weighted by Gasteiger charge is 2.26. The number of nitrogens with one attached hydrogen (secondary N) is 1. The van der Waals surface area contributed by atoms with Crippen molar-refractivity contribution in [2.24, 2.45) is 5.92 Å². The first kappa shape index (κ1) is 18.5. The summed E-state index contributed by atoms with van der Waals surface area (Å²) < 4.78 is 10.3. The van der Waals surface area contributed by atoms with Crippen molar-refractivity contribution in [1.29, 1.82) is 0 Å². The average Bonchev–Trinajstić information content (AvgIpc) is 2.60. The Morgan fingerprint density at radius 1 is 1.25 bits per heavy atom. The first-order valence-electron chi connectivity index (χ1n) is 8.03. The van der Waals surface area contributed by atoms with Crippen molar-refractivity contribution in [2.75, 3.05) is 39.9 Å². The zero-order valence-electron chi connectivity index (χ0n) is 13.8. The summed E-state index contributed by atoms with van der Waals surface area (Å²) in [6.45, 7) is 2.65. The summed E-state index contributed by atoms with van der Waals surface area (Å²) in [7, 11) is 1.41. The number of carbonyl (C=O) groups is 2. The lowest BCUT2D eigenvalue weighted by Crippen LogP contribution is -2.43. The van der Waals surface area contributed by atoms with Gasteiger partial charge in [0.2, 0.25) is 5.91 Å². The van der Waals surface area contributed by atoms with E-state index in [1.807, 2.05) is 0 Å². The predicted molar refractivity (Wildman–Crippen MR) is 91.1 cm³/mol. The van der Waals surface area contributed by atoms with E-state index >= 15 is 0 Å². The molecule has 0 spiro atoms. The molecule has 132 valence electrons. The fourth-order valence-electron chi connectivity index (χ4n) is 2.64. The molecule has 0 atom stereocenters. The Kier molecular flexibility index (Phi) is 7.34. The molecule has 1 aromatic carbocycles. The van der Waals surface area contributed by atoms with E-state index in [9.17, 15) is 9.59 Å².